The highest BCUT2D eigenvalue weighted by molar-refractivity contribution is 7.92. The zero-order chi connectivity index (χ0) is 12.6. The Morgan fingerprint density at radius 3 is 1.81 bits per heavy atom. The summed E-state index contributed by atoms with van der Waals surface area (Å²) in [6.45, 7) is 0. The smallest absolute Gasteiger partial charge is 0.238 e. The lowest BCUT2D eigenvalue weighted by atomic mass is 10.3. The molecule has 0 atom stereocenters. The Bertz CT molecular complexity index is 575. The van der Waals surface area contributed by atoms with Crippen molar-refractivity contribution in [3.63, 3.8) is 0 Å². The average molecular weight is 264 g/mol. The third kappa shape index (κ3) is 2.94. The Morgan fingerprint density at radius 2 is 1.50 bits per heavy atom. The molecule has 0 aliphatic carbocycles. The highest BCUT2D eigenvalue weighted by Crippen LogP contribution is 2.17. The number of sulfonamides is 2. The summed E-state index contributed by atoms with van der Waals surface area (Å²) >= 11 is 0. The third-order valence-electron chi connectivity index (χ3n) is 2.03. The van der Waals surface area contributed by atoms with Gasteiger partial charge in [0.2, 0.25) is 20.0 Å². The van der Waals surface area contributed by atoms with Crippen LogP contribution in [0.2, 0.25) is 0 Å². The molecule has 0 radical (unpaired) electrons. The predicted molar refractivity (Wildman–Crippen MR) is 61.1 cm³/mol. The molecule has 0 spiro atoms. The molecule has 0 heterocycles. The van der Waals surface area contributed by atoms with Crippen molar-refractivity contribution < 1.29 is 16.8 Å². The number of nitrogens with two attached hydrogens (primary N) is 1. The zero-order valence-corrected chi connectivity index (χ0v) is 10.4. The molecule has 6 nitrogen and oxygen atoms in total. The first-order valence-corrected chi connectivity index (χ1v) is 7.58. The molecule has 0 aromatic heterocycles. The van der Waals surface area contributed by atoms with Crippen LogP contribution in [0.3, 0.4) is 0 Å². The van der Waals surface area contributed by atoms with Crippen molar-refractivity contribution in [1.29, 1.82) is 0 Å². The molecule has 0 aliphatic rings. The van der Waals surface area contributed by atoms with E-state index in [1.165, 1.54) is 31.3 Å². The third-order valence-corrected chi connectivity index (χ3v) is 4.16. The summed E-state index contributed by atoms with van der Waals surface area (Å²) in [5.74, 6) is 0. The van der Waals surface area contributed by atoms with E-state index in [1.807, 2.05) is 0 Å². The number of anilines is 1. The monoisotopic (exact) mass is 264 g/mol. The van der Waals surface area contributed by atoms with Gasteiger partial charge in [-0.3, -0.25) is 4.31 Å². The second-order valence-electron chi connectivity index (χ2n) is 3.27. The maximum Gasteiger partial charge on any atom is 0.238 e. The van der Waals surface area contributed by atoms with Crippen molar-refractivity contribution >= 4 is 25.7 Å². The van der Waals surface area contributed by atoms with Gasteiger partial charge in [0.05, 0.1) is 16.8 Å². The summed E-state index contributed by atoms with van der Waals surface area (Å²) in [6.07, 6.45) is 1.06. The Kier molecular flexibility index (Phi) is 3.27. The molecule has 8 heteroatoms. The van der Waals surface area contributed by atoms with Gasteiger partial charge in [-0.2, -0.15) is 0 Å². The van der Waals surface area contributed by atoms with Gasteiger partial charge in [-0.25, -0.2) is 22.0 Å². The minimum Gasteiger partial charge on any atom is -0.274 e. The number of nitrogens with zero attached hydrogens (tertiary/aromatic N) is 1. The van der Waals surface area contributed by atoms with E-state index < -0.39 is 20.0 Å². The molecule has 16 heavy (non-hydrogen) atoms. The van der Waals surface area contributed by atoms with Gasteiger partial charge in [0.15, 0.2) is 0 Å². The molecule has 0 unspecified atom stereocenters. The molecule has 0 amide bonds. The van der Waals surface area contributed by atoms with Gasteiger partial charge in [-0.05, 0) is 24.3 Å². The highest BCUT2D eigenvalue weighted by atomic mass is 32.2. The Morgan fingerprint density at radius 1 is 1.06 bits per heavy atom. The lowest BCUT2D eigenvalue weighted by Gasteiger charge is -2.16. The van der Waals surface area contributed by atoms with E-state index in [1.54, 1.807) is 0 Å². The van der Waals surface area contributed by atoms with Gasteiger partial charge in [-0.15, -0.1) is 0 Å². The summed E-state index contributed by atoms with van der Waals surface area (Å²) in [5, 5.41) is 4.91. The second-order valence-corrected chi connectivity index (χ2v) is 6.84. The molecule has 1 rings (SSSR count). The standard InChI is InChI=1S/C8H12N2O4S2/c1-10(15(2,11)12)7-3-5-8(6-4-7)16(9,13)14/h3-6H,1-2H3,(H2,9,13,14). The van der Waals surface area contributed by atoms with E-state index in [-0.39, 0.29) is 4.90 Å². The summed E-state index contributed by atoms with van der Waals surface area (Å²) in [7, 11) is -5.72. The van der Waals surface area contributed by atoms with Gasteiger partial charge in [0, 0.05) is 7.05 Å². The van der Waals surface area contributed by atoms with Gasteiger partial charge in [-0.1, -0.05) is 0 Å². The molecule has 1 aromatic rings. The van der Waals surface area contributed by atoms with Crippen LogP contribution in [0.4, 0.5) is 5.69 Å². The fourth-order valence-corrected chi connectivity index (χ4v) is 2.06. The Hall–Kier alpha value is -1.12. The first kappa shape index (κ1) is 12.9. The predicted octanol–water partition coefficient (Wildman–Crippen LogP) is -0.270. The SMILES string of the molecule is CN(c1ccc(S(N)(=O)=O)cc1)S(C)(=O)=O. The summed E-state index contributed by atoms with van der Waals surface area (Å²) in [6, 6.07) is 5.26. The summed E-state index contributed by atoms with van der Waals surface area (Å²) < 4.78 is 45.3. The largest absolute Gasteiger partial charge is 0.274 e. The molecule has 90 valence electrons. The van der Waals surface area contributed by atoms with Crippen molar-refractivity contribution in [3.05, 3.63) is 24.3 Å². The lowest BCUT2D eigenvalue weighted by molar-refractivity contribution is 0.597. The minimum absolute atomic E-state index is 0.0573. The van der Waals surface area contributed by atoms with Crippen molar-refractivity contribution in [2.45, 2.75) is 4.90 Å². The topological polar surface area (TPSA) is 97.5 Å². The van der Waals surface area contributed by atoms with Crippen molar-refractivity contribution in [2.24, 2.45) is 5.14 Å². The van der Waals surface area contributed by atoms with E-state index >= 15 is 0 Å². The molecular formula is C8H12N2O4S2. The van der Waals surface area contributed by atoms with Crippen molar-refractivity contribution in [3.8, 4) is 0 Å². The minimum atomic E-state index is -3.75. The molecular weight excluding hydrogens is 252 g/mol. The Labute approximate surface area is 94.8 Å². The second kappa shape index (κ2) is 4.04. The normalized spacial score (nSPS) is 12.4. The van der Waals surface area contributed by atoms with E-state index in [0.717, 1.165) is 10.6 Å². The van der Waals surface area contributed by atoms with Crippen LogP contribution in [-0.4, -0.2) is 30.1 Å². The number of hydrogen-bond acceptors (Lipinski definition) is 4. The molecule has 0 saturated heterocycles. The molecule has 0 saturated carbocycles. The molecule has 2 N–H and O–H groups in total. The van der Waals surface area contributed by atoms with Crippen LogP contribution in [0.1, 0.15) is 0 Å². The fraction of sp³-hybridized carbons (Fsp3) is 0.250. The number of hydrogen-bond donors (Lipinski definition) is 1. The van der Waals surface area contributed by atoms with Gasteiger partial charge < -0.3 is 0 Å². The van der Waals surface area contributed by atoms with Gasteiger partial charge >= 0.3 is 0 Å². The van der Waals surface area contributed by atoms with Crippen LogP contribution in [0.25, 0.3) is 0 Å². The van der Waals surface area contributed by atoms with Crippen LogP contribution in [0, 0.1) is 0 Å². The zero-order valence-electron chi connectivity index (χ0n) is 8.78. The molecule has 0 aliphatic heterocycles. The summed E-state index contributed by atoms with van der Waals surface area (Å²) in [4.78, 5) is -0.0573. The lowest BCUT2D eigenvalue weighted by Crippen LogP contribution is -2.24. The maximum atomic E-state index is 11.2. The summed E-state index contributed by atoms with van der Waals surface area (Å²) in [5.41, 5.74) is 0.370. The quantitative estimate of drug-likeness (QED) is 0.812. The van der Waals surface area contributed by atoms with Crippen molar-refractivity contribution in [2.75, 3.05) is 17.6 Å². The first-order valence-electron chi connectivity index (χ1n) is 4.19. The molecule has 0 fully saturated rings. The highest BCUT2D eigenvalue weighted by Gasteiger charge is 2.13. The molecule has 1 aromatic carbocycles. The van der Waals surface area contributed by atoms with Gasteiger partial charge in [0.1, 0.15) is 0 Å². The average Bonchev–Trinajstić information content (AvgIpc) is 2.14. The Balaban J connectivity index is 3.15. The fourth-order valence-electron chi connectivity index (χ4n) is 1.04. The maximum absolute atomic E-state index is 11.2. The van der Waals surface area contributed by atoms with Crippen molar-refractivity contribution in [1.82, 2.24) is 0 Å². The van der Waals surface area contributed by atoms with Crippen LogP contribution in [0.5, 0.6) is 0 Å². The first-order chi connectivity index (χ1) is 7.12. The van der Waals surface area contributed by atoms with Gasteiger partial charge in [0.25, 0.3) is 0 Å². The van der Waals surface area contributed by atoms with Crippen LogP contribution in [-0.2, 0) is 20.0 Å². The van der Waals surface area contributed by atoms with E-state index in [2.05, 4.69) is 0 Å². The van der Waals surface area contributed by atoms with E-state index in [9.17, 15) is 16.8 Å². The van der Waals surface area contributed by atoms with Crippen LogP contribution < -0.4 is 9.44 Å². The van der Waals surface area contributed by atoms with E-state index in [0.29, 0.717) is 5.69 Å². The number of primary sulfonamides is 1. The van der Waals surface area contributed by atoms with E-state index in [4.69, 9.17) is 5.14 Å². The number of rotatable bonds is 3. The number of benzene rings is 1. The van der Waals surface area contributed by atoms with Crippen LogP contribution >= 0.6 is 0 Å². The van der Waals surface area contributed by atoms with Crippen LogP contribution in [0.15, 0.2) is 29.2 Å². The molecule has 0 bridgehead atoms.